The average Bonchev–Trinajstić information content (AvgIpc) is 2.87. The highest BCUT2D eigenvalue weighted by atomic mass is 35.5. The van der Waals surface area contributed by atoms with Gasteiger partial charge in [0.25, 0.3) is 5.56 Å². The lowest BCUT2D eigenvalue weighted by Gasteiger charge is -2.09. The minimum Gasteiger partial charge on any atom is -0.308 e. The van der Waals surface area contributed by atoms with Gasteiger partial charge in [0.15, 0.2) is 0 Å². The number of fused-ring (bicyclic) bond motifs is 1. The summed E-state index contributed by atoms with van der Waals surface area (Å²) in [5, 5.41) is 9.46. The number of nitrogens with zero attached hydrogens (tertiary/aromatic N) is 1. The molecule has 0 saturated heterocycles. The number of carbonyl (C=O) groups excluding carboxylic acids is 1. The number of aromatic nitrogens is 2. The molecular weight excluding hydrogens is 363 g/mol. The zero-order chi connectivity index (χ0) is 18.0. The number of nitrogens with one attached hydrogen (secondary N) is 3. The zero-order valence-corrected chi connectivity index (χ0v) is 14.9. The first-order valence-corrected chi connectivity index (χ1v) is 8.49. The van der Waals surface area contributed by atoms with Gasteiger partial charge in [-0.25, -0.2) is 4.79 Å². The van der Waals surface area contributed by atoms with Gasteiger partial charge in [0.05, 0.1) is 21.6 Å². The standard InChI is InChI=1S/C17H16Cl2N4O2/c1-2-7-23-15-6-4-11(9-12(15)16(24)22-23)20-17(25)21-14-8-10(18)3-5-13(14)19/h3-6,8-9H,2,7H2,1H3,(H,22,24)(H2,20,21,25). The van der Waals surface area contributed by atoms with Crippen LogP contribution >= 0.6 is 23.2 Å². The molecule has 2 amide bonds. The summed E-state index contributed by atoms with van der Waals surface area (Å²) in [5.41, 5.74) is 1.52. The van der Waals surface area contributed by atoms with E-state index >= 15 is 0 Å². The minimum atomic E-state index is -0.479. The number of hydrogen-bond donors (Lipinski definition) is 3. The molecule has 25 heavy (non-hydrogen) atoms. The first kappa shape index (κ1) is 17.4. The van der Waals surface area contributed by atoms with Crippen molar-refractivity contribution in [2.45, 2.75) is 19.9 Å². The van der Waals surface area contributed by atoms with Crippen LogP contribution < -0.4 is 16.2 Å². The number of H-pyrrole nitrogens is 1. The quantitative estimate of drug-likeness (QED) is 0.615. The van der Waals surface area contributed by atoms with E-state index in [9.17, 15) is 9.59 Å². The van der Waals surface area contributed by atoms with E-state index in [0.717, 1.165) is 18.5 Å². The van der Waals surface area contributed by atoms with E-state index in [1.54, 1.807) is 41.1 Å². The summed E-state index contributed by atoms with van der Waals surface area (Å²) in [5.74, 6) is 0. The second-order valence-electron chi connectivity index (χ2n) is 5.53. The number of aromatic amines is 1. The van der Waals surface area contributed by atoms with Crippen LogP contribution in [0.3, 0.4) is 0 Å². The molecule has 3 N–H and O–H groups in total. The van der Waals surface area contributed by atoms with Crippen molar-refractivity contribution in [3.8, 4) is 0 Å². The molecule has 0 aliphatic heterocycles. The van der Waals surface area contributed by atoms with E-state index in [-0.39, 0.29) is 5.56 Å². The second kappa shape index (κ2) is 7.21. The fourth-order valence-corrected chi connectivity index (χ4v) is 2.89. The topological polar surface area (TPSA) is 78.9 Å². The van der Waals surface area contributed by atoms with Gasteiger partial charge in [-0.15, -0.1) is 0 Å². The van der Waals surface area contributed by atoms with Gasteiger partial charge in [-0.05, 0) is 42.8 Å². The summed E-state index contributed by atoms with van der Waals surface area (Å²) >= 11 is 11.9. The number of anilines is 2. The molecule has 0 radical (unpaired) electrons. The van der Waals surface area contributed by atoms with Crippen LogP contribution in [0.2, 0.25) is 10.0 Å². The van der Waals surface area contributed by atoms with Gasteiger partial charge >= 0.3 is 6.03 Å². The molecule has 0 unspecified atom stereocenters. The maximum Gasteiger partial charge on any atom is 0.323 e. The molecule has 130 valence electrons. The lowest BCUT2D eigenvalue weighted by atomic mass is 10.2. The van der Waals surface area contributed by atoms with Crippen molar-refractivity contribution < 1.29 is 4.79 Å². The van der Waals surface area contributed by atoms with Gasteiger partial charge < -0.3 is 10.6 Å². The summed E-state index contributed by atoms with van der Waals surface area (Å²) in [7, 11) is 0. The van der Waals surface area contributed by atoms with Crippen LogP contribution in [0.1, 0.15) is 13.3 Å². The van der Waals surface area contributed by atoms with E-state index in [1.165, 1.54) is 0 Å². The molecule has 0 aliphatic carbocycles. The number of urea groups is 1. The number of hydrogen-bond acceptors (Lipinski definition) is 2. The zero-order valence-electron chi connectivity index (χ0n) is 13.4. The molecule has 1 heterocycles. The van der Waals surface area contributed by atoms with E-state index in [1.807, 2.05) is 6.92 Å². The van der Waals surface area contributed by atoms with Crippen LogP contribution in [0.15, 0.2) is 41.2 Å². The normalized spacial score (nSPS) is 10.8. The maximum absolute atomic E-state index is 12.2. The average molecular weight is 379 g/mol. The van der Waals surface area contributed by atoms with Crippen molar-refractivity contribution in [3.05, 3.63) is 56.8 Å². The number of carbonyl (C=O) groups is 1. The molecule has 0 fully saturated rings. The van der Waals surface area contributed by atoms with Crippen molar-refractivity contribution in [2.24, 2.45) is 0 Å². The molecule has 0 saturated carbocycles. The molecule has 0 bridgehead atoms. The van der Waals surface area contributed by atoms with Gasteiger partial charge in [0.2, 0.25) is 0 Å². The highest BCUT2D eigenvalue weighted by molar-refractivity contribution is 6.35. The Balaban J connectivity index is 1.80. The molecule has 3 rings (SSSR count). The highest BCUT2D eigenvalue weighted by Gasteiger charge is 2.10. The molecule has 0 atom stereocenters. The first-order chi connectivity index (χ1) is 12.0. The predicted molar refractivity (Wildman–Crippen MR) is 102 cm³/mol. The third kappa shape index (κ3) is 3.81. The van der Waals surface area contributed by atoms with Gasteiger partial charge in [-0.2, -0.15) is 0 Å². The Morgan fingerprint density at radius 2 is 1.96 bits per heavy atom. The van der Waals surface area contributed by atoms with Crippen LogP contribution in [-0.2, 0) is 6.54 Å². The molecule has 2 aromatic carbocycles. The Kier molecular flexibility index (Phi) is 5.01. The van der Waals surface area contributed by atoms with Crippen molar-refractivity contribution in [1.82, 2.24) is 9.78 Å². The highest BCUT2D eigenvalue weighted by Crippen LogP contribution is 2.25. The maximum atomic E-state index is 12.2. The lowest BCUT2D eigenvalue weighted by molar-refractivity contribution is 0.262. The third-order valence-corrected chi connectivity index (χ3v) is 4.21. The van der Waals surface area contributed by atoms with Crippen LogP contribution in [0.25, 0.3) is 10.9 Å². The van der Waals surface area contributed by atoms with Crippen molar-refractivity contribution in [1.29, 1.82) is 0 Å². The summed E-state index contributed by atoms with van der Waals surface area (Å²) in [6, 6.07) is 9.48. The van der Waals surface area contributed by atoms with E-state index in [4.69, 9.17) is 23.2 Å². The SMILES string of the molecule is CCCn1[nH]c(=O)c2cc(NC(=O)Nc3cc(Cl)ccc3Cl)ccc21. The largest absolute Gasteiger partial charge is 0.323 e. The molecule has 0 aliphatic rings. The van der Waals surface area contributed by atoms with E-state index < -0.39 is 6.03 Å². The van der Waals surface area contributed by atoms with E-state index in [2.05, 4.69) is 15.7 Å². The summed E-state index contributed by atoms with van der Waals surface area (Å²) < 4.78 is 1.80. The number of halogens is 2. The van der Waals surface area contributed by atoms with Gasteiger partial charge in [-0.3, -0.25) is 14.6 Å². The van der Waals surface area contributed by atoms with Crippen molar-refractivity contribution >= 4 is 51.5 Å². The Bertz CT molecular complexity index is 994. The van der Waals surface area contributed by atoms with Crippen molar-refractivity contribution in [3.63, 3.8) is 0 Å². The van der Waals surface area contributed by atoms with Crippen LogP contribution in [0.4, 0.5) is 16.2 Å². The Morgan fingerprint density at radius 3 is 2.72 bits per heavy atom. The minimum absolute atomic E-state index is 0.189. The monoisotopic (exact) mass is 378 g/mol. The molecule has 0 spiro atoms. The molecule has 6 nitrogen and oxygen atoms in total. The van der Waals surface area contributed by atoms with Crippen LogP contribution in [0.5, 0.6) is 0 Å². The van der Waals surface area contributed by atoms with Gasteiger partial charge in [0, 0.05) is 17.3 Å². The van der Waals surface area contributed by atoms with Crippen LogP contribution in [-0.4, -0.2) is 15.8 Å². The van der Waals surface area contributed by atoms with Crippen molar-refractivity contribution in [2.75, 3.05) is 10.6 Å². The molecular formula is C17H16Cl2N4O2. The fraction of sp³-hybridized carbons (Fsp3) is 0.176. The van der Waals surface area contributed by atoms with Gasteiger partial charge in [-0.1, -0.05) is 30.1 Å². The summed E-state index contributed by atoms with van der Waals surface area (Å²) in [6.45, 7) is 2.75. The molecule has 1 aromatic heterocycles. The lowest BCUT2D eigenvalue weighted by Crippen LogP contribution is -2.19. The number of amides is 2. The fourth-order valence-electron chi connectivity index (χ4n) is 2.55. The number of rotatable bonds is 4. The smallest absolute Gasteiger partial charge is 0.308 e. The third-order valence-electron chi connectivity index (χ3n) is 3.65. The Morgan fingerprint density at radius 1 is 1.16 bits per heavy atom. The molecule has 3 aromatic rings. The number of benzene rings is 2. The second-order valence-corrected chi connectivity index (χ2v) is 6.37. The van der Waals surface area contributed by atoms with Crippen LogP contribution in [0, 0.1) is 0 Å². The summed E-state index contributed by atoms with van der Waals surface area (Å²) in [6.07, 6.45) is 0.905. The predicted octanol–water partition coefficient (Wildman–Crippen LogP) is 4.69. The Hall–Kier alpha value is -2.44. The first-order valence-electron chi connectivity index (χ1n) is 7.73. The Labute approximate surface area is 153 Å². The van der Waals surface area contributed by atoms with E-state index in [0.29, 0.717) is 26.8 Å². The molecule has 8 heteroatoms. The van der Waals surface area contributed by atoms with Gasteiger partial charge in [0.1, 0.15) is 0 Å². The summed E-state index contributed by atoms with van der Waals surface area (Å²) in [4.78, 5) is 24.2. The number of aryl methyl sites for hydroxylation is 1.